The predicted molar refractivity (Wildman–Crippen MR) is 102 cm³/mol. The normalized spacial score (nSPS) is 22.1. The fourth-order valence-electron chi connectivity index (χ4n) is 4.13. The van der Waals surface area contributed by atoms with Crippen LogP contribution in [0.4, 0.5) is 4.79 Å². The Morgan fingerprint density at radius 2 is 1.89 bits per heavy atom. The van der Waals surface area contributed by atoms with Crippen molar-refractivity contribution in [3.05, 3.63) is 30.4 Å². The monoisotopic (exact) mass is 369 g/mol. The van der Waals surface area contributed by atoms with E-state index in [1.54, 1.807) is 17.3 Å². The fourth-order valence-corrected chi connectivity index (χ4v) is 4.13. The first-order valence-corrected chi connectivity index (χ1v) is 9.71. The average Bonchev–Trinajstić information content (AvgIpc) is 3.15. The van der Waals surface area contributed by atoms with E-state index in [1.807, 2.05) is 12.1 Å². The highest BCUT2D eigenvalue weighted by Gasteiger charge is 2.31. The first-order chi connectivity index (χ1) is 13.1. The minimum absolute atomic E-state index is 0.175. The second-order valence-corrected chi connectivity index (χ2v) is 7.63. The topological polar surface area (TPSA) is 93.2 Å². The van der Waals surface area contributed by atoms with E-state index in [0.717, 1.165) is 62.5 Å². The van der Waals surface area contributed by atoms with Gasteiger partial charge in [0.15, 0.2) is 5.82 Å². The Morgan fingerprint density at radius 1 is 1.15 bits per heavy atom. The number of nitrogens with zero attached hydrogens (tertiary/aromatic N) is 6. The molecule has 4 heterocycles. The van der Waals surface area contributed by atoms with Crippen LogP contribution in [-0.2, 0) is 0 Å². The molecule has 2 fully saturated rings. The van der Waals surface area contributed by atoms with Crippen molar-refractivity contribution in [1.29, 1.82) is 0 Å². The summed E-state index contributed by atoms with van der Waals surface area (Å²) in [6, 6.07) is 3.88. The molecule has 0 saturated carbocycles. The lowest BCUT2D eigenvalue weighted by molar-refractivity contribution is 0.180. The zero-order valence-corrected chi connectivity index (χ0v) is 15.8. The Labute approximate surface area is 159 Å². The van der Waals surface area contributed by atoms with Crippen LogP contribution < -0.4 is 5.73 Å². The smallest absolute Gasteiger partial charge is 0.314 e. The molecule has 0 radical (unpaired) electrons. The standard InChI is InChI=1S/C19H27N7O/c1-24-11-6-16(7-12-24)26-18(15-3-2-10-25(13-15)19(20)27)22-17(23-26)14-4-8-21-9-5-14/h4-5,8-9,15-16H,2-3,6-7,10-13H2,1H3,(H2,20,27). The third-order valence-corrected chi connectivity index (χ3v) is 5.73. The van der Waals surface area contributed by atoms with Gasteiger partial charge in [-0.15, -0.1) is 0 Å². The molecule has 1 atom stereocenters. The molecule has 2 amide bonds. The van der Waals surface area contributed by atoms with Crippen molar-refractivity contribution in [3.8, 4) is 11.4 Å². The number of rotatable bonds is 3. The maximum atomic E-state index is 11.7. The number of urea groups is 1. The number of likely N-dealkylation sites (tertiary alicyclic amines) is 2. The SMILES string of the molecule is CN1CCC(n2nc(-c3ccncc3)nc2C2CCCN(C(N)=O)C2)CC1. The minimum Gasteiger partial charge on any atom is -0.351 e. The summed E-state index contributed by atoms with van der Waals surface area (Å²) in [5.74, 6) is 1.90. The number of amides is 2. The number of pyridine rings is 1. The zero-order valence-electron chi connectivity index (χ0n) is 15.8. The van der Waals surface area contributed by atoms with Gasteiger partial charge in [-0.25, -0.2) is 14.5 Å². The van der Waals surface area contributed by atoms with Crippen molar-refractivity contribution in [2.45, 2.75) is 37.6 Å². The third kappa shape index (κ3) is 3.80. The molecule has 0 aromatic carbocycles. The van der Waals surface area contributed by atoms with Gasteiger partial charge in [0.1, 0.15) is 5.82 Å². The van der Waals surface area contributed by atoms with Gasteiger partial charge in [-0.1, -0.05) is 0 Å². The summed E-state index contributed by atoms with van der Waals surface area (Å²) < 4.78 is 2.14. The summed E-state index contributed by atoms with van der Waals surface area (Å²) in [4.78, 5) is 24.8. The third-order valence-electron chi connectivity index (χ3n) is 5.73. The first kappa shape index (κ1) is 17.9. The molecule has 2 aliphatic rings. The zero-order chi connectivity index (χ0) is 18.8. The number of aromatic nitrogens is 4. The van der Waals surface area contributed by atoms with Crippen molar-refractivity contribution in [2.24, 2.45) is 5.73 Å². The number of hydrogen-bond acceptors (Lipinski definition) is 5. The molecule has 0 aliphatic carbocycles. The predicted octanol–water partition coefficient (Wildman–Crippen LogP) is 1.86. The minimum atomic E-state index is -0.348. The number of primary amides is 1. The van der Waals surface area contributed by atoms with Crippen LogP contribution in [0.5, 0.6) is 0 Å². The molecule has 2 saturated heterocycles. The molecule has 8 nitrogen and oxygen atoms in total. The van der Waals surface area contributed by atoms with Gasteiger partial charge >= 0.3 is 6.03 Å². The Balaban J connectivity index is 1.68. The highest BCUT2D eigenvalue weighted by atomic mass is 16.2. The van der Waals surface area contributed by atoms with Gasteiger partial charge in [-0.2, -0.15) is 5.10 Å². The van der Waals surface area contributed by atoms with Crippen LogP contribution in [0.25, 0.3) is 11.4 Å². The van der Waals surface area contributed by atoms with E-state index >= 15 is 0 Å². The summed E-state index contributed by atoms with van der Waals surface area (Å²) in [5, 5.41) is 4.90. The average molecular weight is 369 g/mol. The van der Waals surface area contributed by atoms with Crippen LogP contribution in [0.3, 0.4) is 0 Å². The summed E-state index contributed by atoms with van der Waals surface area (Å²) >= 11 is 0. The van der Waals surface area contributed by atoms with E-state index < -0.39 is 0 Å². The summed E-state index contributed by atoms with van der Waals surface area (Å²) in [6.45, 7) is 3.47. The van der Waals surface area contributed by atoms with Crippen LogP contribution in [0.2, 0.25) is 0 Å². The number of hydrogen-bond donors (Lipinski definition) is 1. The number of carbonyl (C=O) groups excluding carboxylic acids is 1. The van der Waals surface area contributed by atoms with Crippen LogP contribution >= 0.6 is 0 Å². The Bertz CT molecular complexity index is 783. The van der Waals surface area contributed by atoms with Crippen LogP contribution in [0.1, 0.15) is 43.5 Å². The highest BCUT2D eigenvalue weighted by molar-refractivity contribution is 5.72. The largest absolute Gasteiger partial charge is 0.351 e. The Morgan fingerprint density at radius 3 is 2.59 bits per heavy atom. The van der Waals surface area contributed by atoms with Crippen molar-refractivity contribution < 1.29 is 4.79 Å². The molecule has 2 aromatic heterocycles. The number of carbonyl (C=O) groups is 1. The quantitative estimate of drug-likeness (QED) is 0.891. The van der Waals surface area contributed by atoms with E-state index in [4.69, 9.17) is 15.8 Å². The highest BCUT2D eigenvalue weighted by Crippen LogP contribution is 2.32. The van der Waals surface area contributed by atoms with E-state index in [9.17, 15) is 4.79 Å². The van der Waals surface area contributed by atoms with Gasteiger partial charge < -0.3 is 15.5 Å². The van der Waals surface area contributed by atoms with Gasteiger partial charge in [0.2, 0.25) is 0 Å². The number of piperidine rings is 2. The maximum Gasteiger partial charge on any atom is 0.314 e. The lowest BCUT2D eigenvalue weighted by atomic mass is 9.96. The van der Waals surface area contributed by atoms with Gasteiger partial charge in [0.05, 0.1) is 6.04 Å². The van der Waals surface area contributed by atoms with Crippen LogP contribution in [0.15, 0.2) is 24.5 Å². The molecule has 4 rings (SSSR count). The fraction of sp³-hybridized carbons (Fsp3) is 0.579. The van der Waals surface area contributed by atoms with Gasteiger partial charge in [0, 0.05) is 37.0 Å². The second-order valence-electron chi connectivity index (χ2n) is 7.63. The first-order valence-electron chi connectivity index (χ1n) is 9.71. The van der Waals surface area contributed by atoms with Crippen LogP contribution in [-0.4, -0.2) is 68.8 Å². The maximum absolute atomic E-state index is 11.7. The summed E-state index contributed by atoms with van der Waals surface area (Å²) in [5.41, 5.74) is 6.50. The molecule has 2 aromatic rings. The van der Waals surface area contributed by atoms with Crippen molar-refractivity contribution in [3.63, 3.8) is 0 Å². The van der Waals surface area contributed by atoms with Gasteiger partial charge in [-0.05, 0) is 58.0 Å². The van der Waals surface area contributed by atoms with Crippen molar-refractivity contribution >= 4 is 6.03 Å². The molecule has 8 heteroatoms. The van der Waals surface area contributed by atoms with E-state index in [0.29, 0.717) is 12.6 Å². The van der Waals surface area contributed by atoms with Crippen molar-refractivity contribution in [1.82, 2.24) is 29.5 Å². The summed E-state index contributed by atoms with van der Waals surface area (Å²) in [6.07, 6.45) is 7.61. The molecule has 0 bridgehead atoms. The van der Waals surface area contributed by atoms with E-state index in [-0.39, 0.29) is 11.9 Å². The van der Waals surface area contributed by atoms with Gasteiger partial charge in [-0.3, -0.25) is 4.98 Å². The Hall–Kier alpha value is -2.48. The summed E-state index contributed by atoms with van der Waals surface area (Å²) in [7, 11) is 2.16. The molecular formula is C19H27N7O. The molecule has 1 unspecified atom stereocenters. The van der Waals surface area contributed by atoms with E-state index in [2.05, 4.69) is 21.6 Å². The molecule has 2 N–H and O–H groups in total. The van der Waals surface area contributed by atoms with Crippen LogP contribution in [0, 0.1) is 0 Å². The second kappa shape index (κ2) is 7.64. The molecule has 0 spiro atoms. The van der Waals surface area contributed by atoms with Gasteiger partial charge in [0.25, 0.3) is 0 Å². The molecule has 2 aliphatic heterocycles. The van der Waals surface area contributed by atoms with Crippen molar-refractivity contribution in [2.75, 3.05) is 33.2 Å². The van der Waals surface area contributed by atoms with E-state index in [1.165, 1.54) is 0 Å². The molecule has 144 valence electrons. The lowest BCUT2D eigenvalue weighted by Crippen LogP contribution is -2.43. The lowest BCUT2D eigenvalue weighted by Gasteiger charge is -2.33. The Kier molecular flexibility index (Phi) is 5.07. The molecule has 27 heavy (non-hydrogen) atoms. The molecular weight excluding hydrogens is 342 g/mol. The number of nitrogens with two attached hydrogens (primary N) is 1.